The molecule has 0 bridgehead atoms. The van der Waals surface area contributed by atoms with Crippen LogP contribution in [0.4, 0.5) is 4.79 Å². The van der Waals surface area contributed by atoms with E-state index in [0.29, 0.717) is 19.5 Å². The van der Waals surface area contributed by atoms with Crippen LogP contribution in [0.2, 0.25) is 0 Å². The Morgan fingerprint density at radius 3 is 2.48 bits per heavy atom. The topological polar surface area (TPSA) is 69.7 Å². The largest absolute Gasteiger partial charge is 0.550 e. The number of hydrogen-bond acceptors (Lipinski definition) is 4. The van der Waals surface area contributed by atoms with Gasteiger partial charge in [0.15, 0.2) is 0 Å². The maximum atomic E-state index is 12.0. The SMILES string of the molecule is O=C([O-])[C@H]1CC12CCN(C(=O)OCc1ccccc1)CC2. The first kappa shape index (κ1) is 13.9. The molecule has 1 aliphatic carbocycles. The van der Waals surface area contributed by atoms with Gasteiger partial charge in [0.05, 0.1) is 0 Å². The molecule has 1 aromatic rings. The van der Waals surface area contributed by atoms with Gasteiger partial charge in [-0.2, -0.15) is 0 Å². The summed E-state index contributed by atoms with van der Waals surface area (Å²) in [7, 11) is 0. The molecule has 21 heavy (non-hydrogen) atoms. The number of hydrogen-bond donors (Lipinski definition) is 0. The Labute approximate surface area is 123 Å². The smallest absolute Gasteiger partial charge is 0.410 e. The monoisotopic (exact) mass is 288 g/mol. The van der Waals surface area contributed by atoms with Crippen molar-refractivity contribution in [3.05, 3.63) is 35.9 Å². The van der Waals surface area contributed by atoms with Gasteiger partial charge in [-0.1, -0.05) is 30.3 Å². The normalized spacial score (nSPS) is 22.9. The highest BCUT2D eigenvalue weighted by Gasteiger charge is 2.55. The van der Waals surface area contributed by atoms with E-state index in [9.17, 15) is 14.7 Å². The lowest BCUT2D eigenvalue weighted by Gasteiger charge is -2.32. The predicted molar refractivity (Wildman–Crippen MR) is 73.0 cm³/mol. The minimum atomic E-state index is -0.949. The average molecular weight is 288 g/mol. The lowest BCUT2D eigenvalue weighted by Crippen LogP contribution is -2.41. The summed E-state index contributed by atoms with van der Waals surface area (Å²) in [6.45, 7) is 1.40. The second kappa shape index (κ2) is 5.39. The van der Waals surface area contributed by atoms with Crippen LogP contribution >= 0.6 is 0 Å². The Morgan fingerprint density at radius 1 is 1.24 bits per heavy atom. The van der Waals surface area contributed by atoms with E-state index in [1.165, 1.54) is 0 Å². The number of piperidine rings is 1. The van der Waals surface area contributed by atoms with Crippen LogP contribution in [0.5, 0.6) is 0 Å². The van der Waals surface area contributed by atoms with Gasteiger partial charge in [0, 0.05) is 25.0 Å². The molecular weight excluding hydrogens is 270 g/mol. The average Bonchev–Trinajstić information content (AvgIpc) is 3.21. The number of amides is 1. The van der Waals surface area contributed by atoms with E-state index >= 15 is 0 Å². The quantitative estimate of drug-likeness (QED) is 0.837. The first-order valence-electron chi connectivity index (χ1n) is 7.27. The zero-order valence-electron chi connectivity index (χ0n) is 11.8. The number of carbonyl (C=O) groups excluding carboxylic acids is 2. The number of ether oxygens (including phenoxy) is 1. The number of carboxylic acid groups (broad SMARTS) is 1. The van der Waals surface area contributed by atoms with E-state index in [2.05, 4.69) is 0 Å². The first-order valence-corrected chi connectivity index (χ1v) is 7.27. The second-order valence-corrected chi connectivity index (χ2v) is 5.97. The number of carbonyl (C=O) groups is 2. The Kier molecular flexibility index (Phi) is 3.57. The van der Waals surface area contributed by atoms with Crippen molar-refractivity contribution in [1.29, 1.82) is 0 Å². The molecule has 0 N–H and O–H groups in total. The van der Waals surface area contributed by atoms with E-state index in [1.807, 2.05) is 30.3 Å². The number of likely N-dealkylation sites (tertiary alicyclic amines) is 1. The van der Waals surface area contributed by atoms with Crippen molar-refractivity contribution in [2.75, 3.05) is 13.1 Å². The van der Waals surface area contributed by atoms with Crippen molar-refractivity contribution >= 4 is 12.1 Å². The Morgan fingerprint density at radius 2 is 1.90 bits per heavy atom. The molecule has 1 amide bonds. The summed E-state index contributed by atoms with van der Waals surface area (Å²) in [5, 5.41) is 10.9. The maximum absolute atomic E-state index is 12.0. The molecule has 1 aliphatic heterocycles. The molecule has 2 fully saturated rings. The highest BCUT2D eigenvalue weighted by Crippen LogP contribution is 2.59. The molecule has 5 nitrogen and oxygen atoms in total. The lowest BCUT2D eigenvalue weighted by atomic mass is 9.91. The van der Waals surface area contributed by atoms with Crippen LogP contribution in [0.1, 0.15) is 24.8 Å². The fourth-order valence-corrected chi connectivity index (χ4v) is 3.18. The Hall–Kier alpha value is -2.04. The molecule has 3 rings (SSSR count). The van der Waals surface area contributed by atoms with Crippen LogP contribution in [0.15, 0.2) is 30.3 Å². The fraction of sp³-hybridized carbons (Fsp3) is 0.500. The molecule has 112 valence electrons. The number of benzene rings is 1. The molecule has 1 saturated carbocycles. The van der Waals surface area contributed by atoms with Crippen LogP contribution in [-0.4, -0.2) is 30.1 Å². The summed E-state index contributed by atoms with van der Waals surface area (Å²) in [4.78, 5) is 24.6. The van der Waals surface area contributed by atoms with Gasteiger partial charge in [0.2, 0.25) is 0 Å². The summed E-state index contributed by atoms with van der Waals surface area (Å²) in [5.41, 5.74) is 0.841. The zero-order valence-corrected chi connectivity index (χ0v) is 11.8. The van der Waals surface area contributed by atoms with Gasteiger partial charge in [-0.25, -0.2) is 4.79 Å². The van der Waals surface area contributed by atoms with Crippen LogP contribution in [0, 0.1) is 11.3 Å². The van der Waals surface area contributed by atoms with Gasteiger partial charge in [-0.15, -0.1) is 0 Å². The number of nitrogens with zero attached hydrogens (tertiary/aromatic N) is 1. The molecule has 0 aromatic heterocycles. The van der Waals surface area contributed by atoms with Crippen molar-refractivity contribution in [2.45, 2.75) is 25.9 Å². The van der Waals surface area contributed by atoms with E-state index in [1.54, 1.807) is 4.90 Å². The van der Waals surface area contributed by atoms with Crippen molar-refractivity contribution < 1.29 is 19.4 Å². The molecule has 1 heterocycles. The van der Waals surface area contributed by atoms with Crippen LogP contribution < -0.4 is 5.11 Å². The van der Waals surface area contributed by atoms with Crippen LogP contribution in [-0.2, 0) is 16.1 Å². The van der Waals surface area contributed by atoms with Gasteiger partial charge < -0.3 is 19.5 Å². The van der Waals surface area contributed by atoms with Gasteiger partial charge >= 0.3 is 6.09 Å². The van der Waals surface area contributed by atoms with Gasteiger partial charge in [-0.05, 0) is 30.2 Å². The van der Waals surface area contributed by atoms with E-state index in [0.717, 1.165) is 18.4 Å². The molecule has 5 heteroatoms. The number of aliphatic carboxylic acids is 1. The summed E-state index contributed by atoms with van der Waals surface area (Å²) in [6, 6.07) is 9.54. The molecule has 0 unspecified atom stereocenters. The maximum Gasteiger partial charge on any atom is 0.410 e. The van der Waals surface area contributed by atoms with Crippen LogP contribution in [0.25, 0.3) is 0 Å². The summed E-state index contributed by atoms with van der Waals surface area (Å²) >= 11 is 0. The van der Waals surface area contributed by atoms with Crippen molar-refractivity contribution in [2.24, 2.45) is 11.3 Å². The number of carboxylic acids is 1. The molecule has 1 saturated heterocycles. The predicted octanol–water partition coefficient (Wildman–Crippen LogP) is 1.18. The van der Waals surface area contributed by atoms with Crippen molar-refractivity contribution in [3.63, 3.8) is 0 Å². The lowest BCUT2D eigenvalue weighted by molar-refractivity contribution is -0.309. The fourth-order valence-electron chi connectivity index (χ4n) is 3.18. The Balaban J connectivity index is 1.46. The molecular formula is C16H18NO4-. The molecule has 1 spiro atoms. The highest BCUT2D eigenvalue weighted by molar-refractivity contribution is 5.73. The van der Waals surface area contributed by atoms with E-state index in [4.69, 9.17) is 4.74 Å². The third-order valence-corrected chi connectivity index (χ3v) is 4.70. The molecule has 1 aromatic carbocycles. The molecule has 0 radical (unpaired) electrons. The molecule has 1 atom stereocenters. The molecule has 2 aliphatic rings. The second-order valence-electron chi connectivity index (χ2n) is 5.97. The zero-order chi connectivity index (χ0) is 14.9. The standard InChI is InChI=1S/C16H19NO4/c18-14(19)13-10-16(13)6-8-17(9-7-16)15(20)21-11-12-4-2-1-3-5-12/h1-5,13H,6-11H2,(H,18,19)/p-1/t13-/m1/s1. The van der Waals surface area contributed by atoms with Crippen molar-refractivity contribution in [1.82, 2.24) is 4.90 Å². The minimum absolute atomic E-state index is 0.116. The van der Waals surface area contributed by atoms with E-state index < -0.39 is 5.97 Å². The third kappa shape index (κ3) is 2.86. The minimum Gasteiger partial charge on any atom is -0.550 e. The van der Waals surface area contributed by atoms with E-state index in [-0.39, 0.29) is 24.0 Å². The summed E-state index contributed by atoms with van der Waals surface area (Å²) < 4.78 is 5.29. The van der Waals surface area contributed by atoms with Crippen LogP contribution in [0.3, 0.4) is 0 Å². The highest BCUT2D eigenvalue weighted by atomic mass is 16.6. The summed E-state index contributed by atoms with van der Waals surface area (Å²) in [5.74, 6) is -1.27. The van der Waals surface area contributed by atoms with Gasteiger partial charge in [-0.3, -0.25) is 0 Å². The summed E-state index contributed by atoms with van der Waals surface area (Å²) in [6.07, 6.45) is 1.83. The van der Waals surface area contributed by atoms with Gasteiger partial charge in [0.25, 0.3) is 0 Å². The van der Waals surface area contributed by atoms with Crippen molar-refractivity contribution in [3.8, 4) is 0 Å². The van der Waals surface area contributed by atoms with Gasteiger partial charge in [0.1, 0.15) is 6.61 Å². The Bertz CT molecular complexity index is 534. The third-order valence-electron chi connectivity index (χ3n) is 4.70. The first-order chi connectivity index (χ1) is 10.1. The number of rotatable bonds is 3.